The van der Waals surface area contributed by atoms with Crippen molar-refractivity contribution in [2.24, 2.45) is 0 Å². The Balaban J connectivity index is 0.00000306. The van der Waals surface area contributed by atoms with Crippen LogP contribution < -0.4 is 5.43 Å². The van der Waals surface area contributed by atoms with E-state index in [1.165, 1.54) is 0 Å². The number of nitrogens with zero attached hydrogens (tertiary/aromatic N) is 1. The van der Waals surface area contributed by atoms with Crippen LogP contribution in [0, 0.1) is 0 Å². The van der Waals surface area contributed by atoms with Gasteiger partial charge in [-0.3, -0.25) is 4.79 Å². The number of rotatable bonds is 3. The number of likely N-dealkylation sites (tertiary alicyclic amines) is 1. The number of aliphatic hydroxyl groups excluding tert-OH is 1. The van der Waals surface area contributed by atoms with Gasteiger partial charge in [0.2, 0.25) is 0 Å². The summed E-state index contributed by atoms with van der Waals surface area (Å²) in [6, 6.07) is 4.36. The van der Waals surface area contributed by atoms with E-state index in [0.29, 0.717) is 13.0 Å². The molecule has 0 radical (unpaired) electrons. The van der Waals surface area contributed by atoms with Crippen molar-refractivity contribution in [3.8, 4) is 22.8 Å². The van der Waals surface area contributed by atoms with Crippen LogP contribution in [0.25, 0.3) is 22.3 Å². The van der Waals surface area contributed by atoms with Crippen molar-refractivity contribution in [3.05, 3.63) is 56.7 Å². The second kappa shape index (κ2) is 9.06. The van der Waals surface area contributed by atoms with Gasteiger partial charge in [-0.15, -0.1) is 12.4 Å². The van der Waals surface area contributed by atoms with E-state index >= 15 is 0 Å². The number of halogens is 5. The largest absolute Gasteiger partial charge is 0.507 e. The average Bonchev–Trinajstić information content (AvgIpc) is 3.06. The molecule has 33 heavy (non-hydrogen) atoms. The third-order valence-electron chi connectivity index (χ3n) is 5.94. The Kier molecular flexibility index (Phi) is 6.91. The molecular weight excluding hydrogens is 486 g/mol. The number of fused-ring (bicyclic) bond motifs is 1. The molecule has 0 aliphatic carbocycles. The normalized spacial score (nSPS) is 19.1. The van der Waals surface area contributed by atoms with Crippen LogP contribution in [0.1, 0.15) is 23.5 Å². The Morgan fingerprint density at radius 2 is 1.88 bits per heavy atom. The van der Waals surface area contributed by atoms with Gasteiger partial charge in [0.15, 0.2) is 5.43 Å². The molecule has 2 atom stereocenters. The first-order valence-electron chi connectivity index (χ1n) is 9.73. The summed E-state index contributed by atoms with van der Waals surface area (Å²) in [6.07, 6.45) is -4.05. The number of hydrogen-bond acceptors (Lipinski definition) is 6. The summed E-state index contributed by atoms with van der Waals surface area (Å²) in [7, 11) is 1.81. The highest BCUT2D eigenvalue weighted by atomic mass is 35.5. The molecule has 2 aromatic carbocycles. The Labute approximate surface area is 197 Å². The number of aromatic hydroxyl groups is 2. The average molecular weight is 506 g/mol. The molecule has 6 nitrogen and oxygen atoms in total. The zero-order chi connectivity index (χ0) is 23.4. The lowest BCUT2D eigenvalue weighted by molar-refractivity contribution is -0.137. The highest BCUT2D eigenvalue weighted by molar-refractivity contribution is 6.33. The summed E-state index contributed by atoms with van der Waals surface area (Å²) in [5.74, 6) is -1.33. The minimum absolute atomic E-state index is 0. The number of likely N-dealkylation sites (N-methyl/N-ethyl adjacent to an activating group) is 1. The number of aliphatic hydroxyl groups is 1. The summed E-state index contributed by atoms with van der Waals surface area (Å²) in [4.78, 5) is 14.7. The minimum atomic E-state index is -4.59. The Morgan fingerprint density at radius 1 is 1.18 bits per heavy atom. The van der Waals surface area contributed by atoms with Crippen LogP contribution in [-0.4, -0.2) is 46.5 Å². The van der Waals surface area contributed by atoms with Crippen LogP contribution in [0.3, 0.4) is 0 Å². The molecule has 178 valence electrons. The van der Waals surface area contributed by atoms with Gasteiger partial charge in [0.1, 0.15) is 28.2 Å². The van der Waals surface area contributed by atoms with Gasteiger partial charge in [0.25, 0.3) is 0 Å². The lowest BCUT2D eigenvalue weighted by Crippen LogP contribution is -2.32. The van der Waals surface area contributed by atoms with Gasteiger partial charge in [-0.25, -0.2) is 0 Å². The molecule has 2 heterocycles. The van der Waals surface area contributed by atoms with Crippen molar-refractivity contribution >= 4 is 35.0 Å². The Morgan fingerprint density at radius 3 is 2.48 bits per heavy atom. The monoisotopic (exact) mass is 505 g/mol. The number of hydrogen-bond donors (Lipinski definition) is 3. The molecule has 0 amide bonds. The predicted octanol–water partition coefficient (Wildman–Crippen LogP) is 4.75. The minimum Gasteiger partial charge on any atom is -0.507 e. The number of phenolic OH excluding ortho intramolecular Hbond substituents is 2. The molecule has 1 aliphatic rings. The van der Waals surface area contributed by atoms with Crippen LogP contribution >= 0.6 is 24.0 Å². The van der Waals surface area contributed by atoms with Gasteiger partial charge in [-0.05, 0) is 38.2 Å². The second-order valence-corrected chi connectivity index (χ2v) is 8.23. The Bertz CT molecular complexity index is 1260. The molecule has 0 unspecified atom stereocenters. The fraction of sp³-hybridized carbons (Fsp3) is 0.318. The van der Waals surface area contributed by atoms with E-state index in [9.17, 15) is 33.3 Å². The summed E-state index contributed by atoms with van der Waals surface area (Å²) in [6.45, 7) is 0.407. The molecule has 1 aliphatic heterocycles. The highest BCUT2D eigenvalue weighted by Gasteiger charge is 2.37. The molecule has 3 N–H and O–H groups in total. The molecule has 0 saturated carbocycles. The maximum atomic E-state index is 13.0. The van der Waals surface area contributed by atoms with Crippen LogP contribution in [0.15, 0.2) is 39.5 Å². The van der Waals surface area contributed by atoms with Gasteiger partial charge in [0, 0.05) is 35.2 Å². The maximum absolute atomic E-state index is 13.0. The fourth-order valence-electron chi connectivity index (χ4n) is 4.32. The first kappa shape index (κ1) is 25.2. The predicted molar refractivity (Wildman–Crippen MR) is 119 cm³/mol. The molecular formula is C22H20Cl2F3NO5. The van der Waals surface area contributed by atoms with Crippen molar-refractivity contribution in [2.75, 3.05) is 20.2 Å². The number of benzene rings is 2. The summed E-state index contributed by atoms with van der Waals surface area (Å²) >= 11 is 6.07. The van der Waals surface area contributed by atoms with Crippen LogP contribution in [0.5, 0.6) is 11.5 Å². The van der Waals surface area contributed by atoms with Crippen LogP contribution in [0.4, 0.5) is 13.2 Å². The van der Waals surface area contributed by atoms with Crippen LogP contribution in [-0.2, 0) is 6.18 Å². The van der Waals surface area contributed by atoms with E-state index in [1.807, 2.05) is 11.9 Å². The molecule has 0 spiro atoms. The van der Waals surface area contributed by atoms with Crippen molar-refractivity contribution in [2.45, 2.75) is 24.6 Å². The zero-order valence-corrected chi connectivity index (χ0v) is 18.8. The number of alkyl halides is 3. The summed E-state index contributed by atoms with van der Waals surface area (Å²) in [5.41, 5.74) is -1.41. The first-order valence-corrected chi connectivity index (χ1v) is 10.1. The molecule has 3 aromatic rings. The smallest absolute Gasteiger partial charge is 0.416 e. The third-order valence-corrected chi connectivity index (χ3v) is 6.25. The van der Waals surface area contributed by atoms with Gasteiger partial charge in [0.05, 0.1) is 17.2 Å². The van der Waals surface area contributed by atoms with Gasteiger partial charge < -0.3 is 24.6 Å². The van der Waals surface area contributed by atoms with E-state index in [4.69, 9.17) is 16.0 Å². The van der Waals surface area contributed by atoms with E-state index in [1.54, 1.807) is 0 Å². The van der Waals surface area contributed by atoms with Crippen molar-refractivity contribution in [3.63, 3.8) is 0 Å². The maximum Gasteiger partial charge on any atom is 0.416 e. The molecule has 1 aromatic heterocycles. The molecule has 1 fully saturated rings. The molecule has 11 heteroatoms. The van der Waals surface area contributed by atoms with E-state index in [-0.39, 0.29) is 63.7 Å². The second-order valence-electron chi connectivity index (χ2n) is 7.83. The van der Waals surface area contributed by atoms with Gasteiger partial charge >= 0.3 is 6.18 Å². The fourth-order valence-corrected chi connectivity index (χ4v) is 4.59. The van der Waals surface area contributed by atoms with Gasteiger partial charge in [-0.2, -0.15) is 13.2 Å². The summed E-state index contributed by atoms with van der Waals surface area (Å²) in [5, 5.41) is 30.3. The van der Waals surface area contributed by atoms with Crippen LogP contribution in [0.2, 0.25) is 5.02 Å². The van der Waals surface area contributed by atoms with Gasteiger partial charge in [-0.1, -0.05) is 11.6 Å². The Hall–Kier alpha value is -2.46. The summed E-state index contributed by atoms with van der Waals surface area (Å²) < 4.78 is 44.8. The molecule has 0 bridgehead atoms. The van der Waals surface area contributed by atoms with Crippen molar-refractivity contribution in [1.82, 2.24) is 4.90 Å². The van der Waals surface area contributed by atoms with Crippen molar-refractivity contribution < 1.29 is 32.9 Å². The SMILES string of the molecule is CN1CC[C@@H](c2c(O)cc(O)c3c(=O)cc(-c4ccc(C(F)(F)F)cc4Cl)oc23)[C@@H]1CO.Cl. The lowest BCUT2D eigenvalue weighted by Gasteiger charge is -2.24. The van der Waals surface area contributed by atoms with E-state index in [0.717, 1.165) is 30.3 Å². The van der Waals surface area contributed by atoms with E-state index in [2.05, 4.69) is 0 Å². The third kappa shape index (κ3) is 4.38. The lowest BCUT2D eigenvalue weighted by atomic mass is 9.89. The quantitative estimate of drug-likeness (QED) is 0.475. The van der Waals surface area contributed by atoms with E-state index < -0.39 is 28.8 Å². The topological polar surface area (TPSA) is 94.1 Å². The first-order chi connectivity index (χ1) is 15.0. The molecule has 1 saturated heterocycles. The van der Waals surface area contributed by atoms with Crippen molar-refractivity contribution in [1.29, 1.82) is 0 Å². The standard InChI is InChI=1S/C22H19ClF3NO5.ClH/c1-27-5-4-12(14(27)9-28)19-15(29)7-16(30)20-17(31)8-18(32-21(19)20)11-3-2-10(6-13(11)23)22(24,25)26;/h2-3,6-8,12,14,28-30H,4-5,9H2,1H3;1H/t12-,14+;/m1./s1. The molecule has 4 rings (SSSR count). The highest BCUT2D eigenvalue weighted by Crippen LogP contribution is 2.45. The number of phenols is 2. The zero-order valence-electron chi connectivity index (χ0n) is 17.2.